The molecule has 2 fully saturated rings. The highest BCUT2D eigenvalue weighted by Crippen LogP contribution is 2.39. The van der Waals surface area contributed by atoms with E-state index in [-0.39, 0.29) is 24.3 Å². The lowest BCUT2D eigenvalue weighted by molar-refractivity contribution is -0.144. The summed E-state index contributed by atoms with van der Waals surface area (Å²) in [6, 6.07) is 0. The molecule has 1 heterocycles. The minimum atomic E-state index is -0.359. The van der Waals surface area contributed by atoms with Crippen LogP contribution in [0, 0.1) is 11.8 Å². The van der Waals surface area contributed by atoms with Gasteiger partial charge in [-0.15, -0.1) is 5.73 Å². The number of carbonyl (C=O) groups is 1. The Hall–Kier alpha value is -1.55. The molecule has 1 saturated carbocycles. The average Bonchev–Trinajstić information content (AvgIpc) is 2.80. The highest BCUT2D eigenvalue weighted by Gasteiger charge is 2.52. The molecule has 5 heteroatoms. The third kappa shape index (κ3) is 4.71. The Bertz CT molecular complexity index is 701. The van der Waals surface area contributed by atoms with Crippen LogP contribution in [-0.2, 0) is 18.8 Å². The maximum absolute atomic E-state index is 11.7. The summed E-state index contributed by atoms with van der Waals surface area (Å²) in [5.41, 5.74) is 4.94. The third-order valence-corrected chi connectivity index (χ3v) is 6.57. The molecular weight excluding hydrogens is 351 g/mol. The van der Waals surface area contributed by atoms with E-state index in [1.165, 1.54) is 5.57 Å². The van der Waals surface area contributed by atoms with Crippen LogP contribution in [0.4, 0.5) is 0 Å². The molecule has 3 rings (SSSR count). The summed E-state index contributed by atoms with van der Waals surface area (Å²) in [6.45, 7) is 10.6. The van der Waals surface area contributed by atoms with Crippen LogP contribution in [0.15, 0.2) is 41.1 Å². The van der Waals surface area contributed by atoms with E-state index in [1.54, 1.807) is 0 Å². The smallest absolute Gasteiger partial charge is 0.466 e. The molecule has 0 amide bonds. The summed E-state index contributed by atoms with van der Waals surface area (Å²) in [7, 11) is -0.359. The van der Waals surface area contributed by atoms with Crippen LogP contribution in [0.1, 0.15) is 66.7 Å². The number of carbonyl (C=O) groups excluding carboxylic acids is 1. The first-order chi connectivity index (χ1) is 13.2. The van der Waals surface area contributed by atoms with Crippen LogP contribution >= 0.6 is 0 Å². The molecule has 152 valence electrons. The van der Waals surface area contributed by atoms with Crippen LogP contribution in [0.25, 0.3) is 0 Å². The van der Waals surface area contributed by atoms with Gasteiger partial charge in [0.05, 0.1) is 17.8 Å². The zero-order valence-corrected chi connectivity index (χ0v) is 17.9. The van der Waals surface area contributed by atoms with E-state index in [9.17, 15) is 4.79 Å². The van der Waals surface area contributed by atoms with Crippen molar-refractivity contribution in [1.29, 1.82) is 0 Å². The van der Waals surface area contributed by atoms with E-state index in [2.05, 4.69) is 51.7 Å². The summed E-state index contributed by atoms with van der Waals surface area (Å²) in [4.78, 5) is 11.7. The predicted molar refractivity (Wildman–Crippen MR) is 112 cm³/mol. The zero-order valence-electron chi connectivity index (χ0n) is 17.9. The Balaban J connectivity index is 1.60. The lowest BCUT2D eigenvalue weighted by Gasteiger charge is -2.32. The minimum Gasteiger partial charge on any atom is -0.466 e. The van der Waals surface area contributed by atoms with Crippen molar-refractivity contribution in [2.24, 2.45) is 11.8 Å². The molecule has 1 aliphatic heterocycles. The first kappa shape index (κ1) is 21.2. The number of esters is 1. The Morgan fingerprint density at radius 1 is 1.11 bits per heavy atom. The summed E-state index contributed by atoms with van der Waals surface area (Å²) in [6.07, 6.45) is 13.3. The minimum absolute atomic E-state index is 0.0579. The lowest BCUT2D eigenvalue weighted by Crippen LogP contribution is -2.41. The number of hydrogen-bond acceptors (Lipinski definition) is 4. The quantitative estimate of drug-likeness (QED) is 0.382. The van der Waals surface area contributed by atoms with Gasteiger partial charge in [-0.1, -0.05) is 12.2 Å². The van der Waals surface area contributed by atoms with Gasteiger partial charge in [-0.05, 0) is 95.3 Å². The maximum atomic E-state index is 11.7. The standard InChI is InChI=1S/C23H33BO4/c1-6-26-21(25)16-17-10-12-19(13-11-17)18-8-7-9-20(15-14-18)24-27-22(2,3)23(4,5)28-24/h8-9,14-15,17,19H,6,10-13,16H2,1-5H3. The number of hydrogen-bond donors (Lipinski definition) is 0. The molecule has 0 aromatic carbocycles. The highest BCUT2D eigenvalue weighted by atomic mass is 16.7. The molecule has 0 unspecified atom stereocenters. The van der Waals surface area contributed by atoms with Gasteiger partial charge in [-0.3, -0.25) is 4.79 Å². The van der Waals surface area contributed by atoms with Crippen molar-refractivity contribution < 1.29 is 18.8 Å². The van der Waals surface area contributed by atoms with E-state index >= 15 is 0 Å². The maximum Gasteiger partial charge on any atom is 0.495 e. The third-order valence-electron chi connectivity index (χ3n) is 6.57. The highest BCUT2D eigenvalue weighted by molar-refractivity contribution is 6.55. The Kier molecular flexibility index (Phi) is 6.39. The molecule has 0 spiro atoms. The fourth-order valence-corrected chi connectivity index (χ4v) is 4.06. The van der Waals surface area contributed by atoms with Gasteiger partial charge in [0.2, 0.25) is 0 Å². The van der Waals surface area contributed by atoms with Gasteiger partial charge in [-0.2, -0.15) is 0 Å². The molecule has 28 heavy (non-hydrogen) atoms. The molecule has 0 radical (unpaired) electrons. The summed E-state index contributed by atoms with van der Waals surface area (Å²) >= 11 is 0. The summed E-state index contributed by atoms with van der Waals surface area (Å²) in [5.74, 6) is 0.919. The number of ether oxygens (including phenoxy) is 1. The molecule has 0 N–H and O–H groups in total. The second-order valence-electron chi connectivity index (χ2n) is 9.10. The molecule has 4 nitrogen and oxygen atoms in total. The van der Waals surface area contributed by atoms with Gasteiger partial charge in [0.15, 0.2) is 0 Å². The second-order valence-corrected chi connectivity index (χ2v) is 9.10. The van der Waals surface area contributed by atoms with Gasteiger partial charge >= 0.3 is 13.1 Å². The van der Waals surface area contributed by atoms with Crippen LogP contribution in [-0.4, -0.2) is 30.9 Å². The Morgan fingerprint density at radius 2 is 1.75 bits per heavy atom. The molecule has 2 aliphatic carbocycles. The van der Waals surface area contributed by atoms with Crippen LogP contribution in [0.5, 0.6) is 0 Å². The second kappa shape index (κ2) is 8.45. The number of rotatable bonds is 5. The van der Waals surface area contributed by atoms with Gasteiger partial charge in [-0.25, -0.2) is 0 Å². The van der Waals surface area contributed by atoms with Crippen molar-refractivity contribution in [3.8, 4) is 0 Å². The van der Waals surface area contributed by atoms with Crippen LogP contribution in [0.2, 0.25) is 0 Å². The van der Waals surface area contributed by atoms with Crippen LogP contribution < -0.4 is 0 Å². The van der Waals surface area contributed by atoms with E-state index in [4.69, 9.17) is 14.0 Å². The topological polar surface area (TPSA) is 44.8 Å². The zero-order chi connectivity index (χ0) is 20.4. The van der Waals surface area contributed by atoms with Crippen molar-refractivity contribution in [2.45, 2.75) is 77.9 Å². The van der Waals surface area contributed by atoms with Gasteiger partial charge in [0.25, 0.3) is 0 Å². The SMILES string of the molecule is CCOC(=O)CC1CCC(C2=CC=C(B3OC(C)(C)C(C)(C)O3)C=C=C2)CC1. The molecular formula is C23H33BO4. The molecule has 0 atom stereocenters. The van der Waals surface area contributed by atoms with Crippen molar-refractivity contribution >= 4 is 13.1 Å². The molecule has 0 aromatic heterocycles. The molecule has 0 aromatic rings. The lowest BCUT2D eigenvalue weighted by atomic mass is 9.76. The molecule has 1 saturated heterocycles. The van der Waals surface area contributed by atoms with Crippen molar-refractivity contribution in [3.63, 3.8) is 0 Å². The fourth-order valence-electron chi connectivity index (χ4n) is 4.06. The largest absolute Gasteiger partial charge is 0.495 e. The van der Waals surface area contributed by atoms with Gasteiger partial charge < -0.3 is 14.0 Å². The monoisotopic (exact) mass is 384 g/mol. The molecule has 0 bridgehead atoms. The van der Waals surface area contributed by atoms with E-state index in [1.807, 2.05) is 13.0 Å². The van der Waals surface area contributed by atoms with E-state index in [0.29, 0.717) is 24.9 Å². The van der Waals surface area contributed by atoms with Crippen LogP contribution in [0.3, 0.4) is 0 Å². The molecule has 3 aliphatic rings. The van der Waals surface area contributed by atoms with Gasteiger partial charge in [0, 0.05) is 6.42 Å². The van der Waals surface area contributed by atoms with Crippen molar-refractivity contribution in [2.75, 3.05) is 6.61 Å². The fraction of sp³-hybridized carbons (Fsp3) is 0.652. The van der Waals surface area contributed by atoms with Crippen molar-refractivity contribution in [3.05, 3.63) is 41.1 Å². The van der Waals surface area contributed by atoms with Crippen molar-refractivity contribution in [1.82, 2.24) is 0 Å². The summed E-state index contributed by atoms with van der Waals surface area (Å²) in [5, 5.41) is 0. The average molecular weight is 384 g/mol. The Morgan fingerprint density at radius 3 is 2.36 bits per heavy atom. The summed E-state index contributed by atoms with van der Waals surface area (Å²) < 4.78 is 17.4. The van der Waals surface area contributed by atoms with Gasteiger partial charge in [0.1, 0.15) is 0 Å². The van der Waals surface area contributed by atoms with E-state index in [0.717, 1.165) is 31.2 Å². The number of allylic oxidation sites excluding steroid dienone is 5. The Labute approximate surface area is 169 Å². The predicted octanol–water partition coefficient (Wildman–Crippen LogP) is 4.96. The normalized spacial score (nSPS) is 28.5. The first-order valence-corrected chi connectivity index (χ1v) is 10.6. The first-order valence-electron chi connectivity index (χ1n) is 10.6. The van der Waals surface area contributed by atoms with E-state index < -0.39 is 0 Å².